The van der Waals surface area contributed by atoms with Gasteiger partial charge in [0, 0.05) is 12.5 Å². The molecule has 1 aliphatic heterocycles. The van der Waals surface area contributed by atoms with Crippen LogP contribution in [0.25, 0.3) is 0 Å². The lowest BCUT2D eigenvalue weighted by Crippen LogP contribution is -2.25. The average molecular weight is 138 g/mol. The summed E-state index contributed by atoms with van der Waals surface area (Å²) in [5.41, 5.74) is 3.16. The van der Waals surface area contributed by atoms with Gasteiger partial charge in [0.1, 0.15) is 6.33 Å². The highest BCUT2D eigenvalue weighted by atomic mass is 15.5. The molecule has 4 heteroatoms. The minimum Gasteiger partial charge on any atom is -0.323 e. The van der Waals surface area contributed by atoms with Crippen molar-refractivity contribution in [3.63, 3.8) is 0 Å². The first kappa shape index (κ1) is 5.70. The molecule has 0 fully saturated rings. The van der Waals surface area contributed by atoms with Gasteiger partial charge in [-0.1, -0.05) is 6.92 Å². The largest absolute Gasteiger partial charge is 0.323 e. The predicted octanol–water partition coefficient (Wildman–Crippen LogP) is 0.329. The van der Waals surface area contributed by atoms with Crippen molar-refractivity contribution < 1.29 is 0 Å². The second kappa shape index (κ2) is 1.97. The summed E-state index contributed by atoms with van der Waals surface area (Å²) < 4.78 is 1.90. The maximum absolute atomic E-state index is 3.99. The van der Waals surface area contributed by atoms with E-state index in [2.05, 4.69) is 22.5 Å². The first-order valence-electron chi connectivity index (χ1n) is 3.52. The number of nitrogens with zero attached hydrogens (tertiary/aromatic N) is 3. The van der Waals surface area contributed by atoms with Gasteiger partial charge in [0.2, 0.25) is 0 Å². The highest BCUT2D eigenvalue weighted by molar-refractivity contribution is 5.01. The van der Waals surface area contributed by atoms with E-state index in [1.807, 2.05) is 4.68 Å². The van der Waals surface area contributed by atoms with Crippen LogP contribution in [0.4, 0.5) is 0 Å². The molecule has 1 atom stereocenters. The zero-order valence-corrected chi connectivity index (χ0v) is 5.91. The number of rotatable bonds is 0. The van der Waals surface area contributed by atoms with E-state index in [-0.39, 0.29) is 0 Å². The summed E-state index contributed by atoms with van der Waals surface area (Å²) in [4.78, 5) is 0. The average Bonchev–Trinajstić information content (AvgIpc) is 2.36. The third-order valence-corrected chi connectivity index (χ3v) is 1.87. The van der Waals surface area contributed by atoms with E-state index in [9.17, 15) is 0 Å². The topological polar surface area (TPSA) is 42.7 Å². The van der Waals surface area contributed by atoms with Crippen LogP contribution in [-0.2, 0) is 0 Å². The summed E-state index contributed by atoms with van der Waals surface area (Å²) in [6.07, 6.45) is 2.86. The Labute approximate surface area is 59.2 Å². The SMILES string of the molecule is C[C@H]1CCNn2cnnc21. The molecule has 2 heterocycles. The van der Waals surface area contributed by atoms with Crippen molar-refractivity contribution in [1.29, 1.82) is 0 Å². The Kier molecular flexibility index (Phi) is 1.12. The fourth-order valence-electron chi connectivity index (χ4n) is 1.23. The molecular weight excluding hydrogens is 128 g/mol. The second-order valence-electron chi connectivity index (χ2n) is 2.66. The van der Waals surface area contributed by atoms with Crippen molar-refractivity contribution in [1.82, 2.24) is 14.9 Å². The maximum Gasteiger partial charge on any atom is 0.154 e. The van der Waals surface area contributed by atoms with Crippen molar-refractivity contribution in [3.8, 4) is 0 Å². The highest BCUT2D eigenvalue weighted by Gasteiger charge is 2.16. The van der Waals surface area contributed by atoms with Gasteiger partial charge in [0.05, 0.1) is 0 Å². The summed E-state index contributed by atoms with van der Waals surface area (Å²) >= 11 is 0. The molecule has 0 spiro atoms. The van der Waals surface area contributed by atoms with Crippen molar-refractivity contribution >= 4 is 0 Å². The molecule has 1 aromatic heterocycles. The minimum atomic E-state index is 0.545. The van der Waals surface area contributed by atoms with Crippen LogP contribution in [0, 0.1) is 0 Å². The van der Waals surface area contributed by atoms with Crippen LogP contribution in [0.5, 0.6) is 0 Å². The molecule has 0 aromatic carbocycles. The molecule has 0 unspecified atom stereocenters. The Balaban J connectivity index is 2.41. The lowest BCUT2D eigenvalue weighted by atomic mass is 10.1. The molecule has 0 saturated heterocycles. The summed E-state index contributed by atoms with van der Waals surface area (Å²) in [5, 5.41) is 7.79. The molecule has 1 N–H and O–H groups in total. The number of hydrogen-bond donors (Lipinski definition) is 1. The van der Waals surface area contributed by atoms with Crippen molar-refractivity contribution in [2.24, 2.45) is 0 Å². The van der Waals surface area contributed by atoms with Crippen LogP contribution in [0.2, 0.25) is 0 Å². The van der Waals surface area contributed by atoms with Gasteiger partial charge in [-0.05, 0) is 6.42 Å². The number of nitrogens with one attached hydrogen (secondary N) is 1. The summed E-state index contributed by atoms with van der Waals surface area (Å²) in [7, 11) is 0. The van der Waals surface area contributed by atoms with Crippen molar-refractivity contribution in [2.75, 3.05) is 12.0 Å². The van der Waals surface area contributed by atoms with E-state index in [4.69, 9.17) is 0 Å². The molecule has 2 rings (SSSR count). The van der Waals surface area contributed by atoms with Gasteiger partial charge in [-0.3, -0.25) is 0 Å². The van der Waals surface area contributed by atoms with E-state index in [1.165, 1.54) is 0 Å². The molecule has 54 valence electrons. The van der Waals surface area contributed by atoms with Crippen LogP contribution < -0.4 is 5.43 Å². The standard InChI is InChI=1S/C6H10N4/c1-5-2-3-8-10-4-7-9-6(5)10/h4-5,8H,2-3H2,1H3/t5-/m0/s1. The van der Waals surface area contributed by atoms with E-state index < -0.39 is 0 Å². The molecule has 10 heavy (non-hydrogen) atoms. The molecule has 1 aromatic rings. The molecule has 0 saturated carbocycles. The number of aromatic nitrogens is 3. The van der Waals surface area contributed by atoms with E-state index in [1.54, 1.807) is 6.33 Å². The van der Waals surface area contributed by atoms with Gasteiger partial charge in [0.15, 0.2) is 5.82 Å². The molecule has 0 bridgehead atoms. The zero-order chi connectivity index (χ0) is 6.97. The maximum atomic E-state index is 3.99. The number of fused-ring (bicyclic) bond motifs is 1. The third-order valence-electron chi connectivity index (χ3n) is 1.87. The molecule has 0 aliphatic carbocycles. The molecule has 0 radical (unpaired) electrons. The Morgan fingerprint density at radius 2 is 2.70 bits per heavy atom. The first-order chi connectivity index (χ1) is 4.88. The zero-order valence-electron chi connectivity index (χ0n) is 5.91. The van der Waals surface area contributed by atoms with Gasteiger partial charge < -0.3 is 5.43 Å². The van der Waals surface area contributed by atoms with E-state index in [0.29, 0.717) is 5.92 Å². The lowest BCUT2D eigenvalue weighted by Gasteiger charge is -2.19. The van der Waals surface area contributed by atoms with Crippen LogP contribution in [0.15, 0.2) is 6.33 Å². The molecular formula is C6H10N4. The Hall–Kier alpha value is -1.06. The van der Waals surface area contributed by atoms with Gasteiger partial charge in [-0.25, -0.2) is 4.68 Å². The fraction of sp³-hybridized carbons (Fsp3) is 0.667. The third kappa shape index (κ3) is 0.683. The smallest absolute Gasteiger partial charge is 0.154 e. The first-order valence-corrected chi connectivity index (χ1v) is 3.52. The van der Waals surface area contributed by atoms with Crippen LogP contribution >= 0.6 is 0 Å². The number of hydrogen-bond acceptors (Lipinski definition) is 3. The van der Waals surface area contributed by atoms with Gasteiger partial charge in [0.25, 0.3) is 0 Å². The van der Waals surface area contributed by atoms with Crippen LogP contribution in [-0.4, -0.2) is 21.4 Å². The lowest BCUT2D eigenvalue weighted by molar-refractivity contribution is 0.558. The summed E-state index contributed by atoms with van der Waals surface area (Å²) in [6, 6.07) is 0. The van der Waals surface area contributed by atoms with E-state index in [0.717, 1.165) is 18.8 Å². The van der Waals surface area contributed by atoms with Gasteiger partial charge in [-0.15, -0.1) is 10.2 Å². The Morgan fingerprint density at radius 1 is 1.80 bits per heavy atom. The molecule has 4 nitrogen and oxygen atoms in total. The minimum absolute atomic E-state index is 0.545. The van der Waals surface area contributed by atoms with Crippen LogP contribution in [0.3, 0.4) is 0 Å². The Bertz CT molecular complexity index is 229. The van der Waals surface area contributed by atoms with Crippen LogP contribution in [0.1, 0.15) is 25.1 Å². The quantitative estimate of drug-likeness (QED) is 0.561. The van der Waals surface area contributed by atoms with E-state index >= 15 is 0 Å². The Morgan fingerprint density at radius 3 is 3.50 bits per heavy atom. The van der Waals surface area contributed by atoms with Gasteiger partial charge >= 0.3 is 0 Å². The summed E-state index contributed by atoms with van der Waals surface area (Å²) in [5.74, 6) is 1.59. The van der Waals surface area contributed by atoms with Crippen molar-refractivity contribution in [3.05, 3.63) is 12.2 Å². The van der Waals surface area contributed by atoms with Crippen molar-refractivity contribution in [2.45, 2.75) is 19.3 Å². The molecule has 0 amide bonds. The highest BCUT2D eigenvalue weighted by Crippen LogP contribution is 2.17. The normalized spacial score (nSPS) is 23.5. The van der Waals surface area contributed by atoms with Gasteiger partial charge in [-0.2, -0.15) is 0 Å². The fourth-order valence-corrected chi connectivity index (χ4v) is 1.23. The predicted molar refractivity (Wildman–Crippen MR) is 37.3 cm³/mol. The monoisotopic (exact) mass is 138 g/mol. The molecule has 1 aliphatic rings. The second-order valence-corrected chi connectivity index (χ2v) is 2.66. The summed E-state index contributed by atoms with van der Waals surface area (Å²) in [6.45, 7) is 3.19.